The van der Waals surface area contributed by atoms with Crippen LogP contribution in [0.2, 0.25) is 0 Å². The molecule has 0 aliphatic heterocycles. The molecule has 2 aromatic rings. The molecule has 0 aliphatic carbocycles. The summed E-state index contributed by atoms with van der Waals surface area (Å²) in [4.78, 5) is 4.36. The molecule has 2 rings (SSSR count). The fraction of sp³-hybridized carbons (Fsp3) is 0.438. The van der Waals surface area contributed by atoms with Gasteiger partial charge in [0.15, 0.2) is 0 Å². The van der Waals surface area contributed by atoms with Gasteiger partial charge in [0.1, 0.15) is 0 Å². The molecule has 1 N–H and O–H groups in total. The summed E-state index contributed by atoms with van der Waals surface area (Å²) in [5, 5.41) is 3.41. The summed E-state index contributed by atoms with van der Waals surface area (Å²) >= 11 is 0. The largest absolute Gasteiger partial charge is 0.385 e. The number of hydrogen-bond acceptors (Lipinski definition) is 3. The van der Waals surface area contributed by atoms with Gasteiger partial charge in [0, 0.05) is 39.2 Å². The highest BCUT2D eigenvalue weighted by Gasteiger charge is 2.02. The van der Waals surface area contributed by atoms with Crippen LogP contribution < -0.4 is 5.32 Å². The van der Waals surface area contributed by atoms with Crippen LogP contribution >= 0.6 is 0 Å². The lowest BCUT2D eigenvalue weighted by Crippen LogP contribution is -2.11. The third-order valence-corrected chi connectivity index (χ3v) is 3.40. The zero-order valence-corrected chi connectivity index (χ0v) is 12.3. The van der Waals surface area contributed by atoms with E-state index in [4.69, 9.17) is 4.74 Å². The van der Waals surface area contributed by atoms with Gasteiger partial charge in [-0.05, 0) is 30.9 Å². The van der Waals surface area contributed by atoms with Crippen molar-refractivity contribution in [3.63, 3.8) is 0 Å². The van der Waals surface area contributed by atoms with E-state index in [9.17, 15) is 0 Å². The quantitative estimate of drug-likeness (QED) is 0.752. The zero-order valence-electron chi connectivity index (χ0n) is 12.3. The average molecular weight is 273 g/mol. The van der Waals surface area contributed by atoms with Gasteiger partial charge in [0.25, 0.3) is 0 Å². The maximum absolute atomic E-state index is 5.08. The first-order valence-corrected chi connectivity index (χ1v) is 7.09. The lowest BCUT2D eigenvalue weighted by Gasteiger charge is -2.10. The molecule has 4 heteroatoms. The minimum atomic E-state index is 0.779. The van der Waals surface area contributed by atoms with Crippen LogP contribution in [0.1, 0.15) is 17.5 Å². The van der Waals surface area contributed by atoms with Crippen LogP contribution in [-0.4, -0.2) is 29.8 Å². The summed E-state index contributed by atoms with van der Waals surface area (Å²) in [7, 11) is 1.73. The number of anilines is 1. The normalized spacial score (nSPS) is 10.7. The zero-order chi connectivity index (χ0) is 14.2. The Balaban J connectivity index is 1.82. The molecule has 1 aromatic heterocycles. The van der Waals surface area contributed by atoms with Crippen LogP contribution in [-0.2, 0) is 17.7 Å². The first kappa shape index (κ1) is 14.6. The van der Waals surface area contributed by atoms with Crippen LogP contribution in [0.4, 0.5) is 5.95 Å². The van der Waals surface area contributed by atoms with Crippen molar-refractivity contribution in [1.29, 1.82) is 0 Å². The number of imidazole rings is 1. The molecule has 1 heterocycles. The highest BCUT2D eigenvalue weighted by Crippen LogP contribution is 2.09. The van der Waals surface area contributed by atoms with Crippen LogP contribution in [0.15, 0.2) is 36.7 Å². The Hall–Kier alpha value is -1.81. The summed E-state index contributed by atoms with van der Waals surface area (Å²) < 4.78 is 7.21. The van der Waals surface area contributed by atoms with E-state index in [1.165, 1.54) is 11.1 Å². The summed E-state index contributed by atoms with van der Waals surface area (Å²) in [6.07, 6.45) is 5.85. The number of benzene rings is 1. The Kier molecular flexibility index (Phi) is 5.62. The smallest absolute Gasteiger partial charge is 0.202 e. The van der Waals surface area contributed by atoms with Crippen LogP contribution in [0.3, 0.4) is 0 Å². The second-order valence-corrected chi connectivity index (χ2v) is 4.89. The van der Waals surface area contributed by atoms with Gasteiger partial charge in [-0.2, -0.15) is 0 Å². The van der Waals surface area contributed by atoms with E-state index >= 15 is 0 Å². The Morgan fingerprint density at radius 2 is 2.15 bits per heavy atom. The maximum atomic E-state index is 5.08. The number of ether oxygens (including phenoxy) is 1. The van der Waals surface area contributed by atoms with E-state index in [1.54, 1.807) is 7.11 Å². The highest BCUT2D eigenvalue weighted by molar-refractivity contribution is 5.29. The Morgan fingerprint density at radius 1 is 1.30 bits per heavy atom. The van der Waals surface area contributed by atoms with Crippen molar-refractivity contribution in [2.24, 2.45) is 0 Å². The van der Waals surface area contributed by atoms with Crippen molar-refractivity contribution in [2.75, 3.05) is 25.6 Å². The Bertz CT molecular complexity index is 522. The van der Waals surface area contributed by atoms with E-state index in [-0.39, 0.29) is 0 Å². The Morgan fingerprint density at radius 3 is 2.95 bits per heavy atom. The Labute approximate surface area is 120 Å². The van der Waals surface area contributed by atoms with Crippen molar-refractivity contribution in [3.05, 3.63) is 47.8 Å². The fourth-order valence-electron chi connectivity index (χ4n) is 2.24. The molecular weight excluding hydrogens is 250 g/mol. The van der Waals surface area contributed by atoms with Crippen LogP contribution in [0, 0.1) is 6.92 Å². The summed E-state index contributed by atoms with van der Waals surface area (Å²) in [6.45, 7) is 4.76. The fourth-order valence-corrected chi connectivity index (χ4v) is 2.24. The predicted molar refractivity (Wildman–Crippen MR) is 82.1 cm³/mol. The van der Waals surface area contributed by atoms with Gasteiger partial charge in [0.05, 0.1) is 0 Å². The summed E-state index contributed by atoms with van der Waals surface area (Å²) in [6, 6.07) is 8.51. The number of nitrogens with one attached hydrogen (secondary N) is 1. The molecular formula is C16H23N3O. The molecule has 0 spiro atoms. The molecule has 0 fully saturated rings. The molecule has 0 aliphatic rings. The molecule has 0 radical (unpaired) electrons. The molecule has 108 valence electrons. The first-order valence-electron chi connectivity index (χ1n) is 7.09. The van der Waals surface area contributed by atoms with E-state index < -0.39 is 0 Å². The standard InChI is InChI=1S/C16H23N3O/c1-14-6-3-4-7-15(14)8-9-17-16-18-10-12-19(16)11-5-13-20-2/h3-4,6-7,10,12H,5,8-9,11,13H2,1-2H3,(H,17,18). The molecule has 0 unspecified atom stereocenters. The minimum absolute atomic E-state index is 0.779. The van der Waals surface area contributed by atoms with E-state index in [1.807, 2.05) is 12.4 Å². The highest BCUT2D eigenvalue weighted by atomic mass is 16.5. The second kappa shape index (κ2) is 7.70. The number of aromatic nitrogens is 2. The molecule has 0 saturated heterocycles. The SMILES string of the molecule is COCCCn1ccnc1NCCc1ccccc1C. The predicted octanol–water partition coefficient (Wildman–Crippen LogP) is 2.88. The first-order chi connectivity index (χ1) is 9.81. The van der Waals surface area contributed by atoms with Gasteiger partial charge in [-0.3, -0.25) is 0 Å². The van der Waals surface area contributed by atoms with Gasteiger partial charge in [-0.1, -0.05) is 24.3 Å². The van der Waals surface area contributed by atoms with Gasteiger partial charge in [-0.25, -0.2) is 4.98 Å². The molecule has 0 saturated carbocycles. The van der Waals surface area contributed by atoms with Gasteiger partial charge < -0.3 is 14.6 Å². The number of rotatable bonds is 8. The van der Waals surface area contributed by atoms with Gasteiger partial charge >= 0.3 is 0 Å². The number of hydrogen-bond donors (Lipinski definition) is 1. The summed E-state index contributed by atoms with van der Waals surface area (Å²) in [5.74, 6) is 0.940. The molecule has 0 bridgehead atoms. The minimum Gasteiger partial charge on any atom is -0.385 e. The van der Waals surface area contributed by atoms with Crippen molar-refractivity contribution >= 4 is 5.95 Å². The third-order valence-electron chi connectivity index (χ3n) is 3.40. The van der Waals surface area contributed by atoms with Crippen molar-refractivity contribution in [3.8, 4) is 0 Å². The van der Waals surface area contributed by atoms with Crippen LogP contribution in [0.25, 0.3) is 0 Å². The van der Waals surface area contributed by atoms with Crippen molar-refractivity contribution in [2.45, 2.75) is 26.3 Å². The lowest BCUT2D eigenvalue weighted by atomic mass is 10.1. The topological polar surface area (TPSA) is 39.1 Å². The van der Waals surface area contributed by atoms with E-state index in [0.29, 0.717) is 0 Å². The third kappa shape index (κ3) is 4.10. The maximum Gasteiger partial charge on any atom is 0.202 e. The van der Waals surface area contributed by atoms with Gasteiger partial charge in [-0.15, -0.1) is 0 Å². The molecule has 4 nitrogen and oxygen atoms in total. The number of nitrogens with zero attached hydrogens (tertiary/aromatic N) is 2. The van der Waals surface area contributed by atoms with Crippen molar-refractivity contribution in [1.82, 2.24) is 9.55 Å². The van der Waals surface area contributed by atoms with Crippen molar-refractivity contribution < 1.29 is 4.74 Å². The summed E-state index contributed by atoms with van der Waals surface area (Å²) in [5.41, 5.74) is 2.73. The number of methoxy groups -OCH3 is 1. The van der Waals surface area contributed by atoms with Gasteiger partial charge in [0.2, 0.25) is 5.95 Å². The second-order valence-electron chi connectivity index (χ2n) is 4.89. The molecule has 1 aromatic carbocycles. The van der Waals surface area contributed by atoms with E-state index in [0.717, 1.165) is 38.5 Å². The monoisotopic (exact) mass is 273 g/mol. The molecule has 0 atom stereocenters. The average Bonchev–Trinajstić information content (AvgIpc) is 2.89. The molecule has 0 amide bonds. The lowest BCUT2D eigenvalue weighted by molar-refractivity contribution is 0.190. The van der Waals surface area contributed by atoms with E-state index in [2.05, 4.69) is 46.1 Å². The number of aryl methyl sites for hydroxylation is 2. The van der Waals surface area contributed by atoms with Crippen LogP contribution in [0.5, 0.6) is 0 Å². The molecule has 20 heavy (non-hydrogen) atoms.